The first kappa shape index (κ1) is 25.0. The number of fused-ring (bicyclic) bond motifs is 1. The van der Waals surface area contributed by atoms with Crippen molar-refractivity contribution >= 4 is 26.7 Å². The van der Waals surface area contributed by atoms with Crippen LogP contribution < -0.4 is 4.90 Å². The van der Waals surface area contributed by atoms with Crippen LogP contribution in [0, 0.1) is 23.2 Å². The van der Waals surface area contributed by atoms with Crippen LogP contribution in [0.4, 0.5) is 5.82 Å². The molecule has 0 aromatic carbocycles. The molecule has 1 spiro atoms. The summed E-state index contributed by atoms with van der Waals surface area (Å²) in [5, 5.41) is 0.837. The van der Waals surface area contributed by atoms with E-state index in [2.05, 4.69) is 26.8 Å². The maximum Gasteiger partial charge on any atom is 0.153 e. The van der Waals surface area contributed by atoms with Gasteiger partial charge in [-0.05, 0) is 67.8 Å². The van der Waals surface area contributed by atoms with Crippen LogP contribution in [0.1, 0.15) is 71.1 Å². The zero-order chi connectivity index (χ0) is 24.5. The van der Waals surface area contributed by atoms with Crippen LogP contribution in [0.25, 0.3) is 11.0 Å². The number of rotatable bonds is 10. The predicted octanol–water partition coefficient (Wildman–Crippen LogP) is 4.99. The van der Waals surface area contributed by atoms with Gasteiger partial charge in [-0.1, -0.05) is 32.6 Å². The maximum atomic E-state index is 13.9. The van der Waals surface area contributed by atoms with Gasteiger partial charge in [0.1, 0.15) is 17.8 Å². The van der Waals surface area contributed by atoms with Crippen LogP contribution in [-0.4, -0.2) is 61.2 Å². The summed E-state index contributed by atoms with van der Waals surface area (Å²) in [5.74, 6) is 2.46. The molecular weight excluding hydrogens is 460 g/mol. The summed E-state index contributed by atoms with van der Waals surface area (Å²) >= 11 is 0. The third kappa shape index (κ3) is 5.24. The van der Waals surface area contributed by atoms with Gasteiger partial charge >= 0.3 is 0 Å². The number of nitrogens with zero attached hydrogens (tertiary/aromatic N) is 3. The van der Waals surface area contributed by atoms with Crippen molar-refractivity contribution in [3.05, 3.63) is 18.6 Å². The van der Waals surface area contributed by atoms with Crippen LogP contribution in [0.15, 0.2) is 18.6 Å². The van der Waals surface area contributed by atoms with Gasteiger partial charge in [0.05, 0.1) is 16.4 Å². The van der Waals surface area contributed by atoms with Gasteiger partial charge in [-0.2, -0.15) is 0 Å². The molecule has 0 radical (unpaired) electrons. The number of H-pyrrole nitrogens is 1. The van der Waals surface area contributed by atoms with Crippen molar-refractivity contribution in [3.8, 4) is 0 Å². The Morgan fingerprint density at radius 3 is 2.74 bits per heavy atom. The highest BCUT2D eigenvalue weighted by Crippen LogP contribution is 2.56. The summed E-state index contributed by atoms with van der Waals surface area (Å²) < 4.78 is 33.1. The molecule has 194 valence electrons. The second-order valence-electron chi connectivity index (χ2n) is 11.5. The number of aromatic amines is 1. The minimum atomic E-state index is -3.15. The SMILES string of the molecule is COCCCCC(CS(=O)(=O)C1CCCN(c2ncnc3[nH]ccc23)CC2(CC2)C1C)C1CCC1. The van der Waals surface area contributed by atoms with E-state index in [0.29, 0.717) is 17.6 Å². The molecule has 7 nitrogen and oxygen atoms in total. The maximum absolute atomic E-state index is 13.9. The van der Waals surface area contributed by atoms with E-state index >= 15 is 0 Å². The summed E-state index contributed by atoms with van der Waals surface area (Å²) in [6, 6.07) is 2.05. The average Bonchev–Trinajstić information content (AvgIpc) is 3.42. The number of methoxy groups -OCH3 is 1. The average molecular weight is 503 g/mol. The summed E-state index contributed by atoms with van der Waals surface area (Å²) in [4.78, 5) is 14.6. The Balaban J connectivity index is 1.31. The fraction of sp³-hybridized carbons (Fsp3) is 0.778. The fourth-order valence-corrected chi connectivity index (χ4v) is 9.45. The quantitative estimate of drug-likeness (QED) is 0.461. The van der Waals surface area contributed by atoms with E-state index in [1.807, 2.05) is 12.3 Å². The zero-order valence-electron chi connectivity index (χ0n) is 21.4. The molecule has 2 aromatic rings. The first-order valence-electron chi connectivity index (χ1n) is 13.7. The molecule has 35 heavy (non-hydrogen) atoms. The lowest BCUT2D eigenvalue weighted by atomic mass is 9.75. The molecule has 0 amide bonds. The van der Waals surface area contributed by atoms with Crippen LogP contribution >= 0.6 is 0 Å². The topological polar surface area (TPSA) is 88.2 Å². The lowest BCUT2D eigenvalue weighted by Gasteiger charge is -2.40. The molecule has 0 bridgehead atoms. The van der Waals surface area contributed by atoms with Crippen LogP contribution in [0.3, 0.4) is 0 Å². The van der Waals surface area contributed by atoms with Crippen molar-refractivity contribution in [2.75, 3.05) is 37.5 Å². The van der Waals surface area contributed by atoms with Crippen molar-refractivity contribution in [3.63, 3.8) is 0 Å². The van der Waals surface area contributed by atoms with E-state index < -0.39 is 9.84 Å². The lowest BCUT2D eigenvalue weighted by Crippen LogP contribution is -2.45. The Morgan fingerprint density at radius 2 is 2.03 bits per heavy atom. The molecule has 2 saturated carbocycles. The number of anilines is 1. The van der Waals surface area contributed by atoms with E-state index in [0.717, 1.165) is 81.5 Å². The molecule has 3 atom stereocenters. The van der Waals surface area contributed by atoms with Gasteiger partial charge in [0.2, 0.25) is 0 Å². The molecule has 3 fully saturated rings. The Kier molecular flexibility index (Phi) is 7.40. The van der Waals surface area contributed by atoms with E-state index in [-0.39, 0.29) is 16.6 Å². The van der Waals surface area contributed by atoms with Gasteiger partial charge in [-0.25, -0.2) is 18.4 Å². The Hall–Kier alpha value is -1.67. The van der Waals surface area contributed by atoms with E-state index in [1.54, 1.807) is 13.4 Å². The molecule has 1 N–H and O–H groups in total. The fourth-order valence-electron chi connectivity index (χ4n) is 6.73. The van der Waals surface area contributed by atoms with Crippen molar-refractivity contribution in [1.82, 2.24) is 15.0 Å². The van der Waals surface area contributed by atoms with E-state index in [9.17, 15) is 8.42 Å². The largest absolute Gasteiger partial charge is 0.385 e. The highest BCUT2D eigenvalue weighted by molar-refractivity contribution is 7.92. The third-order valence-corrected chi connectivity index (χ3v) is 11.8. The molecule has 3 unspecified atom stereocenters. The monoisotopic (exact) mass is 502 g/mol. The first-order valence-corrected chi connectivity index (χ1v) is 15.4. The van der Waals surface area contributed by atoms with E-state index in [4.69, 9.17) is 4.74 Å². The van der Waals surface area contributed by atoms with Gasteiger partial charge in [0.25, 0.3) is 0 Å². The Labute approximate surface area is 210 Å². The Bertz CT molecular complexity index is 1090. The van der Waals surface area contributed by atoms with Crippen molar-refractivity contribution in [2.24, 2.45) is 23.2 Å². The Morgan fingerprint density at radius 1 is 1.20 bits per heavy atom. The molecular formula is C27H42N4O3S. The second-order valence-corrected chi connectivity index (χ2v) is 13.7. The number of aromatic nitrogens is 3. The molecule has 5 rings (SSSR count). The second kappa shape index (κ2) is 10.4. The highest BCUT2D eigenvalue weighted by atomic mass is 32.2. The van der Waals surface area contributed by atoms with E-state index in [1.165, 1.54) is 19.3 Å². The smallest absolute Gasteiger partial charge is 0.153 e. The standard InChI is InChI=1S/C27H42N4O3S/c1-20-24(35(32,33)17-22(21-8-5-9-21)7-3-4-16-34-2)10-6-15-31(18-27(20)12-13-27)26-23-11-14-28-25(23)29-19-30-26/h11,14,19-22,24H,3-10,12-13,15-18H2,1-2H3,(H,28,29,30). The number of hydrogen-bond acceptors (Lipinski definition) is 6. The summed E-state index contributed by atoms with van der Waals surface area (Å²) in [7, 11) is -1.41. The van der Waals surface area contributed by atoms with Crippen molar-refractivity contribution in [2.45, 2.75) is 76.4 Å². The lowest BCUT2D eigenvalue weighted by molar-refractivity contribution is 0.177. The van der Waals surface area contributed by atoms with Crippen LogP contribution in [0.2, 0.25) is 0 Å². The third-order valence-electron chi connectivity index (χ3n) is 9.37. The molecule has 1 aliphatic heterocycles. The summed E-state index contributed by atoms with van der Waals surface area (Å²) in [6.07, 6.45) is 14.2. The number of nitrogens with one attached hydrogen (secondary N) is 1. The molecule has 2 aliphatic carbocycles. The van der Waals surface area contributed by atoms with Gasteiger partial charge < -0.3 is 14.6 Å². The van der Waals surface area contributed by atoms with Gasteiger partial charge in [0, 0.05) is 33.0 Å². The molecule has 2 aromatic heterocycles. The molecule has 8 heteroatoms. The summed E-state index contributed by atoms with van der Waals surface area (Å²) in [6.45, 7) is 4.73. The minimum absolute atomic E-state index is 0.0795. The van der Waals surface area contributed by atoms with Crippen molar-refractivity contribution in [1.29, 1.82) is 0 Å². The van der Waals surface area contributed by atoms with Crippen molar-refractivity contribution < 1.29 is 13.2 Å². The first-order chi connectivity index (χ1) is 16.9. The molecule has 3 heterocycles. The number of sulfone groups is 1. The summed E-state index contributed by atoms with van der Waals surface area (Å²) in [5.41, 5.74) is 0.943. The zero-order valence-corrected chi connectivity index (χ0v) is 22.2. The van der Waals surface area contributed by atoms with Crippen LogP contribution in [0.5, 0.6) is 0 Å². The molecule has 1 saturated heterocycles. The number of hydrogen-bond donors (Lipinski definition) is 1. The number of unbranched alkanes of at least 4 members (excludes halogenated alkanes) is 1. The van der Waals surface area contributed by atoms with Crippen LogP contribution in [-0.2, 0) is 14.6 Å². The molecule has 3 aliphatic rings. The normalized spacial score (nSPS) is 25.8. The highest BCUT2D eigenvalue weighted by Gasteiger charge is 2.54. The van der Waals surface area contributed by atoms with Gasteiger partial charge in [0.15, 0.2) is 9.84 Å². The minimum Gasteiger partial charge on any atom is -0.385 e. The predicted molar refractivity (Wildman–Crippen MR) is 140 cm³/mol. The number of ether oxygens (including phenoxy) is 1. The van der Waals surface area contributed by atoms with Gasteiger partial charge in [-0.15, -0.1) is 0 Å². The van der Waals surface area contributed by atoms with Gasteiger partial charge in [-0.3, -0.25) is 0 Å².